The van der Waals surface area contributed by atoms with Crippen molar-refractivity contribution >= 4 is 24.2 Å². The molecule has 16 atom stereocenters. The molecule has 2 saturated heterocycles. The summed E-state index contributed by atoms with van der Waals surface area (Å²) in [6, 6.07) is -0.760. The molecule has 0 aromatic heterocycles. The first kappa shape index (κ1) is 47.6. The lowest BCUT2D eigenvalue weighted by molar-refractivity contribution is -0.344. The van der Waals surface area contributed by atoms with E-state index < -0.39 is 116 Å². The van der Waals surface area contributed by atoms with Gasteiger partial charge in [0.05, 0.1) is 36.9 Å². The lowest BCUT2D eigenvalue weighted by Gasteiger charge is -2.50. The minimum atomic E-state index is -1.48. The summed E-state index contributed by atoms with van der Waals surface area (Å²) in [5.74, 6) is -2.60. The Morgan fingerprint density at radius 1 is 0.982 bits per heavy atom. The van der Waals surface area contributed by atoms with Gasteiger partial charge in [-0.05, 0) is 60.0 Å². The number of methoxy groups -OCH3 is 1. The van der Waals surface area contributed by atoms with Crippen molar-refractivity contribution in [3.63, 3.8) is 0 Å². The van der Waals surface area contributed by atoms with E-state index in [4.69, 9.17) is 37.9 Å². The van der Waals surface area contributed by atoms with Crippen LogP contribution in [0.15, 0.2) is 24.3 Å². The summed E-state index contributed by atoms with van der Waals surface area (Å²) in [5.41, 5.74) is -1.48. The van der Waals surface area contributed by atoms with Gasteiger partial charge in [0.25, 0.3) is 0 Å². The number of aldehydes is 1. The van der Waals surface area contributed by atoms with Crippen LogP contribution < -0.4 is 0 Å². The number of hydrogen-bond donors (Lipinski definition) is 3. The summed E-state index contributed by atoms with van der Waals surface area (Å²) in [7, 11) is 4.89. The molecular weight excluding hydrogens is 734 g/mol. The Kier molecular flexibility index (Phi) is 18.5. The fourth-order valence-electron chi connectivity index (χ4n) is 7.86. The molecule has 16 nitrogen and oxygen atoms in total. The normalized spacial score (nSPS) is 41.6. The molecule has 0 aromatic carbocycles. The van der Waals surface area contributed by atoms with Crippen LogP contribution in [0.25, 0.3) is 0 Å². The third-order valence-electron chi connectivity index (χ3n) is 10.5. The number of aliphatic hydroxyl groups is 3. The van der Waals surface area contributed by atoms with Gasteiger partial charge in [0.1, 0.15) is 42.4 Å². The van der Waals surface area contributed by atoms with Crippen LogP contribution in [0.3, 0.4) is 0 Å². The van der Waals surface area contributed by atoms with Crippen molar-refractivity contribution in [2.75, 3.05) is 21.2 Å². The van der Waals surface area contributed by atoms with Gasteiger partial charge in [0, 0.05) is 39.7 Å². The number of likely N-dealkylation sites (N-methyl/N-ethyl adjacent to an activating group) is 1. The highest BCUT2D eigenvalue weighted by Crippen LogP contribution is 2.37. The quantitative estimate of drug-likeness (QED) is 0.156. The molecule has 0 spiro atoms. The molecule has 16 heteroatoms. The highest BCUT2D eigenvalue weighted by Gasteiger charge is 2.52. The third kappa shape index (κ3) is 13.4. The topological polar surface area (TPSA) is 206 Å². The lowest BCUT2D eigenvalue weighted by atomic mass is 9.84. The average Bonchev–Trinajstić information content (AvgIpc) is 3.09. The van der Waals surface area contributed by atoms with Gasteiger partial charge in [0.15, 0.2) is 18.7 Å². The van der Waals surface area contributed by atoms with Crippen LogP contribution in [0.2, 0.25) is 0 Å². The van der Waals surface area contributed by atoms with Crippen LogP contribution in [0.4, 0.5) is 0 Å². The van der Waals surface area contributed by atoms with E-state index in [0.717, 1.165) is 6.29 Å². The van der Waals surface area contributed by atoms with Crippen molar-refractivity contribution in [1.29, 1.82) is 0 Å². The molecule has 3 N–H and O–H groups in total. The van der Waals surface area contributed by atoms with E-state index in [-0.39, 0.29) is 31.6 Å². The van der Waals surface area contributed by atoms with E-state index in [9.17, 15) is 34.5 Å². The van der Waals surface area contributed by atoms with Gasteiger partial charge in [-0.2, -0.15) is 0 Å². The number of rotatable bonds is 11. The molecule has 3 aliphatic rings. The van der Waals surface area contributed by atoms with Gasteiger partial charge < -0.3 is 62.9 Å². The van der Waals surface area contributed by atoms with Gasteiger partial charge in [-0.1, -0.05) is 38.2 Å². The Morgan fingerprint density at radius 2 is 1.66 bits per heavy atom. The molecule has 0 aromatic rings. The number of hydrogen-bond acceptors (Lipinski definition) is 16. The SMILES string of the molecule is CCC(=O)O[C@@H]1CC(=O)O[C@H](C)C[C@@H](O)/C=C/C=C\[C@H](C)C[C@H](CC=O)[C@H](O[C@H]2O[C@@H](C)[C@H](O[C@H]3C[C@@](C)(O)[C@H](OC(C)=O)[C@@H](C)O3)[C@@H](N(C)C)[C@@H]2O)[C@H]1OC. The number of ether oxygens (including phenoxy) is 8. The predicted molar refractivity (Wildman–Crippen MR) is 201 cm³/mol. The largest absolute Gasteiger partial charge is 0.462 e. The summed E-state index contributed by atoms with van der Waals surface area (Å²) >= 11 is 0. The van der Waals surface area contributed by atoms with Crippen LogP contribution in [-0.2, 0) is 57.1 Å². The molecule has 56 heavy (non-hydrogen) atoms. The summed E-state index contributed by atoms with van der Waals surface area (Å²) < 4.78 is 48.3. The monoisotopic (exact) mass is 799 g/mol. The minimum Gasteiger partial charge on any atom is -0.462 e. The Labute approximate surface area is 330 Å². The summed E-state index contributed by atoms with van der Waals surface area (Å²) in [6.45, 7) is 11.4. The first-order chi connectivity index (χ1) is 26.3. The van der Waals surface area contributed by atoms with E-state index >= 15 is 0 Å². The number of cyclic esters (lactones) is 1. The van der Waals surface area contributed by atoms with Crippen LogP contribution >= 0.6 is 0 Å². The molecule has 2 fully saturated rings. The van der Waals surface area contributed by atoms with Crippen LogP contribution in [0.1, 0.15) is 87.0 Å². The van der Waals surface area contributed by atoms with Crippen molar-refractivity contribution in [3.05, 3.63) is 24.3 Å². The molecule has 0 amide bonds. The zero-order valence-electron chi connectivity index (χ0n) is 34.5. The second-order valence-corrected chi connectivity index (χ2v) is 15.8. The number of nitrogens with zero attached hydrogens (tertiary/aromatic N) is 1. The zero-order chi connectivity index (χ0) is 41.9. The number of carbonyl (C=O) groups is 4. The van der Waals surface area contributed by atoms with Crippen LogP contribution in [-0.4, -0.2) is 151 Å². The standard InChI is InChI=1S/C40H65NO15/c1-11-30(45)54-29-20-31(46)50-23(3)19-28(44)15-13-12-14-22(2)18-27(16-17-42)36(37(29)49-10)56-39-34(47)33(41(8)9)35(24(4)52-39)55-32-21-40(7,48)38(25(5)51-32)53-26(6)43/h12-15,17,22-25,27-29,32-39,44,47-48H,11,16,18-21H2,1-10H3/b14-12-,15-13+/t22-,23+,24-,25+,27-,28-,29+,32-,33-,34-,35-,36-,37-,38+,39+,40+/m0/s1. The maximum atomic E-state index is 13.3. The number of allylic oxidation sites excluding steroid dienone is 3. The Hall–Kier alpha value is -2.80. The van der Waals surface area contributed by atoms with E-state index in [1.54, 1.807) is 71.8 Å². The molecule has 3 heterocycles. The maximum absolute atomic E-state index is 13.3. The number of aliphatic hydroxyl groups excluding tert-OH is 2. The minimum absolute atomic E-state index is 0.000768. The smallest absolute Gasteiger partial charge is 0.309 e. The fourth-order valence-corrected chi connectivity index (χ4v) is 7.86. The van der Waals surface area contributed by atoms with Crippen LogP contribution in [0.5, 0.6) is 0 Å². The van der Waals surface area contributed by atoms with Crippen molar-refractivity contribution < 1.29 is 72.4 Å². The molecule has 320 valence electrons. The first-order valence-electron chi connectivity index (χ1n) is 19.6. The van der Waals surface area contributed by atoms with E-state index in [1.165, 1.54) is 14.0 Å². The highest BCUT2D eigenvalue weighted by molar-refractivity contribution is 5.72. The molecule has 0 saturated carbocycles. The predicted octanol–water partition coefficient (Wildman–Crippen LogP) is 2.38. The third-order valence-corrected chi connectivity index (χ3v) is 10.5. The molecule has 0 bridgehead atoms. The highest BCUT2D eigenvalue weighted by atomic mass is 16.7. The Balaban J connectivity index is 2.02. The average molecular weight is 800 g/mol. The molecule has 3 aliphatic heterocycles. The van der Waals surface area contributed by atoms with Gasteiger partial charge in [-0.3, -0.25) is 14.4 Å². The van der Waals surface area contributed by atoms with Crippen LogP contribution in [0, 0.1) is 11.8 Å². The summed E-state index contributed by atoms with van der Waals surface area (Å²) in [4.78, 5) is 51.9. The zero-order valence-corrected chi connectivity index (χ0v) is 34.5. The Bertz CT molecular complexity index is 1340. The molecular formula is C40H65NO15. The number of carbonyl (C=O) groups excluding carboxylic acids is 4. The van der Waals surface area contributed by atoms with Crippen molar-refractivity contribution in [1.82, 2.24) is 4.90 Å². The van der Waals surface area contributed by atoms with Gasteiger partial charge in [-0.25, -0.2) is 0 Å². The second-order valence-electron chi connectivity index (χ2n) is 15.8. The second kappa shape index (κ2) is 21.8. The molecule has 0 aliphatic carbocycles. The van der Waals surface area contributed by atoms with Crippen molar-refractivity contribution in [2.24, 2.45) is 11.8 Å². The lowest BCUT2D eigenvalue weighted by Crippen LogP contribution is -2.66. The van der Waals surface area contributed by atoms with E-state index in [0.29, 0.717) is 6.42 Å². The van der Waals surface area contributed by atoms with Gasteiger partial charge in [0.2, 0.25) is 0 Å². The van der Waals surface area contributed by atoms with E-state index in [1.807, 2.05) is 13.0 Å². The summed E-state index contributed by atoms with van der Waals surface area (Å²) in [6.07, 6.45) is -4.07. The van der Waals surface area contributed by atoms with E-state index in [2.05, 4.69) is 0 Å². The fraction of sp³-hybridized carbons (Fsp3) is 0.800. The summed E-state index contributed by atoms with van der Waals surface area (Å²) in [5, 5.41) is 33.7. The molecule has 0 radical (unpaired) electrons. The maximum Gasteiger partial charge on any atom is 0.309 e. The molecule has 0 unspecified atom stereocenters. The van der Waals surface area contributed by atoms with Crippen molar-refractivity contribution in [3.8, 4) is 0 Å². The first-order valence-corrected chi connectivity index (χ1v) is 19.6. The van der Waals surface area contributed by atoms with Gasteiger partial charge >= 0.3 is 17.9 Å². The van der Waals surface area contributed by atoms with Crippen molar-refractivity contribution in [2.45, 2.75) is 172 Å². The van der Waals surface area contributed by atoms with Gasteiger partial charge in [-0.15, -0.1) is 0 Å². The Morgan fingerprint density at radius 3 is 2.25 bits per heavy atom. The molecule has 3 rings (SSSR count). The number of esters is 3.